The van der Waals surface area contributed by atoms with Crippen LogP contribution >= 0.6 is 0 Å². The fourth-order valence-electron chi connectivity index (χ4n) is 8.68. The van der Waals surface area contributed by atoms with E-state index in [1.165, 1.54) is 0 Å². The van der Waals surface area contributed by atoms with E-state index in [-0.39, 0.29) is 41.3 Å². The number of aliphatic carboxylic acids is 1. The van der Waals surface area contributed by atoms with Gasteiger partial charge in [-0.05, 0) is 97.7 Å². The Labute approximate surface area is 174 Å². The Kier molecular flexibility index (Phi) is 5.57. The molecular formula is C24H40O5. The van der Waals surface area contributed by atoms with Gasteiger partial charge in [0.25, 0.3) is 0 Å². The molecule has 5 heteroatoms. The van der Waals surface area contributed by atoms with Crippen LogP contribution in [0.5, 0.6) is 0 Å². The molecule has 0 bridgehead atoms. The molecule has 4 aliphatic rings. The molecule has 4 fully saturated rings. The van der Waals surface area contributed by atoms with Crippen LogP contribution < -0.4 is 0 Å². The molecule has 5 nitrogen and oxygen atoms in total. The Morgan fingerprint density at radius 3 is 2.45 bits per heavy atom. The SMILES string of the molecule is C[C@H](CCC(=O)O)[C@H]1CC[C@H]2[C@@H]3[C@H](O)C[C@H]4C[C@@H](O)CC[C@]4(C)[C@H]3C[C@@H](O)[C@]12C. The predicted molar refractivity (Wildman–Crippen MR) is 110 cm³/mol. The molecule has 29 heavy (non-hydrogen) atoms. The Hall–Kier alpha value is -0.650. The summed E-state index contributed by atoms with van der Waals surface area (Å²) in [6.45, 7) is 6.72. The van der Waals surface area contributed by atoms with Crippen molar-refractivity contribution >= 4 is 5.97 Å². The fraction of sp³-hybridized carbons (Fsp3) is 0.958. The van der Waals surface area contributed by atoms with Crippen LogP contribution in [0, 0.1) is 46.3 Å². The lowest BCUT2D eigenvalue weighted by Crippen LogP contribution is -2.62. The van der Waals surface area contributed by atoms with Crippen LogP contribution in [0.25, 0.3) is 0 Å². The van der Waals surface area contributed by atoms with Crippen LogP contribution in [0.2, 0.25) is 0 Å². The summed E-state index contributed by atoms with van der Waals surface area (Å²) in [6.07, 6.45) is 6.00. The van der Waals surface area contributed by atoms with Crippen molar-refractivity contribution in [1.82, 2.24) is 0 Å². The van der Waals surface area contributed by atoms with Gasteiger partial charge >= 0.3 is 5.97 Å². The van der Waals surface area contributed by atoms with Crippen molar-refractivity contribution in [2.45, 2.75) is 96.9 Å². The molecule has 4 rings (SSSR count). The summed E-state index contributed by atoms with van der Waals surface area (Å²) in [6, 6.07) is 0. The number of hydrogen-bond acceptors (Lipinski definition) is 4. The summed E-state index contributed by atoms with van der Waals surface area (Å²) < 4.78 is 0. The highest BCUT2D eigenvalue weighted by Crippen LogP contribution is 2.68. The van der Waals surface area contributed by atoms with Gasteiger partial charge in [0.05, 0.1) is 18.3 Å². The molecular weight excluding hydrogens is 368 g/mol. The van der Waals surface area contributed by atoms with Gasteiger partial charge in [0, 0.05) is 6.42 Å². The van der Waals surface area contributed by atoms with E-state index in [4.69, 9.17) is 5.11 Å². The van der Waals surface area contributed by atoms with Gasteiger partial charge < -0.3 is 20.4 Å². The van der Waals surface area contributed by atoms with E-state index < -0.39 is 12.1 Å². The molecule has 0 radical (unpaired) electrons. The van der Waals surface area contributed by atoms with Gasteiger partial charge in [-0.15, -0.1) is 0 Å². The summed E-state index contributed by atoms with van der Waals surface area (Å²) in [5, 5.41) is 42.0. The van der Waals surface area contributed by atoms with Crippen LogP contribution in [-0.4, -0.2) is 44.7 Å². The average Bonchev–Trinajstić information content (AvgIpc) is 3.01. The van der Waals surface area contributed by atoms with Crippen LogP contribution in [0.15, 0.2) is 0 Å². The zero-order valence-electron chi connectivity index (χ0n) is 18.3. The molecule has 0 heterocycles. The van der Waals surface area contributed by atoms with Crippen molar-refractivity contribution in [2.75, 3.05) is 0 Å². The molecule has 11 atom stereocenters. The Morgan fingerprint density at radius 1 is 1.03 bits per heavy atom. The van der Waals surface area contributed by atoms with E-state index in [0.717, 1.165) is 44.9 Å². The fourth-order valence-corrected chi connectivity index (χ4v) is 8.68. The smallest absolute Gasteiger partial charge is 0.303 e. The minimum atomic E-state index is -0.748. The highest BCUT2D eigenvalue weighted by molar-refractivity contribution is 5.66. The zero-order valence-corrected chi connectivity index (χ0v) is 18.3. The second kappa shape index (κ2) is 7.49. The Morgan fingerprint density at radius 2 is 1.76 bits per heavy atom. The maximum absolute atomic E-state index is 11.5. The van der Waals surface area contributed by atoms with E-state index >= 15 is 0 Å². The highest BCUT2D eigenvalue weighted by Gasteiger charge is 2.65. The van der Waals surface area contributed by atoms with Crippen LogP contribution in [0.4, 0.5) is 0 Å². The number of aliphatic hydroxyl groups excluding tert-OH is 3. The van der Waals surface area contributed by atoms with Crippen molar-refractivity contribution in [1.29, 1.82) is 0 Å². The molecule has 4 saturated carbocycles. The van der Waals surface area contributed by atoms with E-state index in [1.54, 1.807) is 0 Å². The molecule has 0 spiro atoms. The maximum Gasteiger partial charge on any atom is 0.303 e. The number of carbonyl (C=O) groups is 1. The monoisotopic (exact) mass is 408 g/mol. The lowest BCUT2D eigenvalue weighted by Gasteiger charge is -2.63. The first-order valence-electron chi connectivity index (χ1n) is 11.8. The summed E-state index contributed by atoms with van der Waals surface area (Å²) in [5.74, 6) is 0.997. The van der Waals surface area contributed by atoms with Gasteiger partial charge in [-0.1, -0.05) is 20.8 Å². The van der Waals surface area contributed by atoms with E-state index in [2.05, 4.69) is 20.8 Å². The average molecular weight is 409 g/mol. The number of rotatable bonds is 4. The number of aliphatic hydroxyl groups is 3. The van der Waals surface area contributed by atoms with E-state index in [0.29, 0.717) is 30.1 Å². The van der Waals surface area contributed by atoms with Crippen molar-refractivity contribution < 1.29 is 25.2 Å². The van der Waals surface area contributed by atoms with E-state index in [1.807, 2.05) is 0 Å². The lowest BCUT2D eigenvalue weighted by molar-refractivity contribution is -0.207. The Balaban J connectivity index is 1.61. The van der Waals surface area contributed by atoms with Crippen LogP contribution in [0.3, 0.4) is 0 Å². The van der Waals surface area contributed by atoms with Crippen molar-refractivity contribution in [3.05, 3.63) is 0 Å². The quantitative estimate of drug-likeness (QED) is 0.571. The summed E-state index contributed by atoms with van der Waals surface area (Å²) in [7, 11) is 0. The summed E-state index contributed by atoms with van der Waals surface area (Å²) >= 11 is 0. The van der Waals surface area contributed by atoms with Crippen LogP contribution in [-0.2, 0) is 4.79 Å². The maximum atomic E-state index is 11.5. The largest absolute Gasteiger partial charge is 0.481 e. The normalized spacial score (nSPS) is 52.9. The van der Waals surface area contributed by atoms with Gasteiger partial charge in [0.1, 0.15) is 0 Å². The second-order valence-electron chi connectivity index (χ2n) is 11.4. The summed E-state index contributed by atoms with van der Waals surface area (Å²) in [5.41, 5.74) is -0.143. The molecule has 4 N–H and O–H groups in total. The molecule has 0 aromatic carbocycles. The molecule has 0 aromatic heterocycles. The molecule has 0 aliphatic heterocycles. The minimum Gasteiger partial charge on any atom is -0.481 e. The molecule has 166 valence electrons. The van der Waals surface area contributed by atoms with Gasteiger partial charge in [-0.25, -0.2) is 0 Å². The topological polar surface area (TPSA) is 98.0 Å². The molecule has 0 amide bonds. The van der Waals surface area contributed by atoms with Gasteiger partial charge in [-0.3, -0.25) is 4.79 Å². The summed E-state index contributed by atoms with van der Waals surface area (Å²) in [4.78, 5) is 11.1. The number of carboxylic acid groups (broad SMARTS) is 1. The third-order valence-electron chi connectivity index (χ3n) is 10.3. The van der Waals surface area contributed by atoms with Crippen molar-refractivity contribution in [2.24, 2.45) is 46.3 Å². The third kappa shape index (κ3) is 3.27. The molecule has 0 aromatic rings. The third-order valence-corrected chi connectivity index (χ3v) is 10.3. The molecule has 0 saturated heterocycles. The lowest BCUT2D eigenvalue weighted by atomic mass is 9.43. The predicted octanol–water partition coefficient (Wildman–Crippen LogP) is 3.45. The van der Waals surface area contributed by atoms with Gasteiger partial charge in [-0.2, -0.15) is 0 Å². The van der Waals surface area contributed by atoms with Gasteiger partial charge in [0.2, 0.25) is 0 Å². The van der Waals surface area contributed by atoms with Crippen molar-refractivity contribution in [3.63, 3.8) is 0 Å². The number of carboxylic acids is 1. The number of hydrogen-bond donors (Lipinski definition) is 4. The first-order valence-corrected chi connectivity index (χ1v) is 11.8. The number of fused-ring (bicyclic) bond motifs is 5. The Bertz CT molecular complexity index is 637. The standard InChI is InChI=1S/C24H40O5/c1-13(4-7-21(28)29)16-5-6-17-22-18(12-20(27)24(16,17)3)23(2)9-8-15(25)10-14(23)11-19(22)26/h13-20,22,25-27H,4-12H2,1-3H3,(H,28,29)/t13-,14-,15+,16-,17+,18+,19-,20-,22+,23+,24-/m1/s1. The first kappa shape index (κ1) is 21.6. The zero-order chi connectivity index (χ0) is 21.1. The minimum absolute atomic E-state index is 0.0957. The van der Waals surface area contributed by atoms with Crippen LogP contribution in [0.1, 0.15) is 78.6 Å². The highest BCUT2D eigenvalue weighted by atomic mass is 16.4. The second-order valence-corrected chi connectivity index (χ2v) is 11.4. The van der Waals surface area contributed by atoms with Gasteiger partial charge in [0.15, 0.2) is 0 Å². The van der Waals surface area contributed by atoms with E-state index in [9.17, 15) is 20.1 Å². The van der Waals surface area contributed by atoms with Crippen molar-refractivity contribution in [3.8, 4) is 0 Å². The first-order chi connectivity index (χ1) is 13.6. The molecule has 4 aliphatic carbocycles. The molecule has 0 unspecified atom stereocenters.